The predicted octanol–water partition coefficient (Wildman–Crippen LogP) is 3.26. The molecule has 0 radical (unpaired) electrons. The molecule has 1 heterocycles. The van der Waals surface area contributed by atoms with Crippen molar-refractivity contribution in [3.63, 3.8) is 0 Å². The third-order valence-electron chi connectivity index (χ3n) is 4.37. The average molecular weight is 449 g/mol. The minimum Gasteiger partial charge on any atom is -0.458 e. The van der Waals surface area contributed by atoms with Gasteiger partial charge in [0.15, 0.2) is 5.12 Å². The van der Waals surface area contributed by atoms with Crippen molar-refractivity contribution in [1.29, 1.82) is 0 Å². The van der Waals surface area contributed by atoms with Gasteiger partial charge in [0.2, 0.25) is 11.4 Å². The Bertz CT molecular complexity index is 954. The quantitative estimate of drug-likeness (QED) is 0.152. The molecule has 1 aliphatic rings. The van der Waals surface area contributed by atoms with Crippen molar-refractivity contribution in [3.05, 3.63) is 75.8 Å². The van der Waals surface area contributed by atoms with Crippen LogP contribution in [0.2, 0.25) is 0 Å². The molecule has 2 unspecified atom stereocenters. The van der Waals surface area contributed by atoms with Crippen molar-refractivity contribution in [2.24, 2.45) is 0 Å². The Morgan fingerprint density at radius 2 is 1.83 bits per heavy atom. The summed E-state index contributed by atoms with van der Waals surface area (Å²) in [7, 11) is 0. The van der Waals surface area contributed by atoms with E-state index in [1.807, 2.05) is 30.3 Å². The molecule has 0 N–H and O–H groups in total. The SMILES string of the molecule is O=C(Cc1ccccc1)SC1CC(=O)N1C(Cl)C(=O)OCc1ccc([N+](=O)[O-])cc1. The van der Waals surface area contributed by atoms with Crippen LogP contribution in [-0.4, -0.2) is 37.7 Å². The third kappa shape index (κ3) is 5.37. The van der Waals surface area contributed by atoms with Crippen LogP contribution in [0.15, 0.2) is 54.6 Å². The van der Waals surface area contributed by atoms with Crippen molar-refractivity contribution >= 4 is 46.0 Å². The molecule has 0 spiro atoms. The maximum Gasteiger partial charge on any atom is 0.345 e. The first-order valence-corrected chi connectivity index (χ1v) is 10.3. The normalized spacial score (nSPS) is 16.5. The molecule has 0 aliphatic carbocycles. The number of nitro groups is 1. The van der Waals surface area contributed by atoms with E-state index in [0.717, 1.165) is 22.2 Å². The molecule has 8 nitrogen and oxygen atoms in total. The molecule has 0 bridgehead atoms. The number of esters is 1. The van der Waals surface area contributed by atoms with Gasteiger partial charge in [0.25, 0.3) is 5.69 Å². The minimum atomic E-state index is -1.36. The molecule has 2 atom stereocenters. The van der Waals surface area contributed by atoms with Gasteiger partial charge in [-0.05, 0) is 23.3 Å². The fourth-order valence-corrected chi connectivity index (χ4v) is 4.29. The smallest absolute Gasteiger partial charge is 0.345 e. The number of hydrogen-bond acceptors (Lipinski definition) is 7. The van der Waals surface area contributed by atoms with Gasteiger partial charge in [-0.1, -0.05) is 53.7 Å². The topological polar surface area (TPSA) is 107 Å². The number of alkyl halides is 1. The molecule has 0 saturated carbocycles. The summed E-state index contributed by atoms with van der Waals surface area (Å²) in [5.74, 6) is -1.17. The number of likely N-dealkylation sites (tertiary alicyclic amines) is 1. The summed E-state index contributed by atoms with van der Waals surface area (Å²) in [6.45, 7) is -0.146. The second kappa shape index (κ2) is 9.73. The van der Waals surface area contributed by atoms with Gasteiger partial charge in [-0.3, -0.25) is 19.7 Å². The number of amides is 1. The summed E-state index contributed by atoms with van der Waals surface area (Å²) >= 11 is 7.08. The number of benzene rings is 2. The van der Waals surface area contributed by atoms with E-state index in [1.54, 1.807) is 0 Å². The van der Waals surface area contributed by atoms with Crippen molar-refractivity contribution in [3.8, 4) is 0 Å². The van der Waals surface area contributed by atoms with Crippen molar-refractivity contribution in [2.75, 3.05) is 0 Å². The predicted molar refractivity (Wildman–Crippen MR) is 111 cm³/mol. The average Bonchev–Trinajstić information content (AvgIpc) is 2.72. The third-order valence-corrected chi connectivity index (χ3v) is 5.83. The number of β-lactam (4-membered cyclic amide) rings is 1. The standard InChI is InChI=1S/C20H17ClN2O6S/c21-19(20(26)29-12-14-6-8-15(9-7-14)23(27)28)22-16(24)11-17(22)30-18(25)10-13-4-2-1-3-5-13/h1-9,17,19H,10-12H2. The van der Waals surface area contributed by atoms with Crippen LogP contribution >= 0.6 is 23.4 Å². The van der Waals surface area contributed by atoms with Crippen molar-refractivity contribution in [2.45, 2.75) is 30.3 Å². The molecular formula is C20H17ClN2O6S. The number of ether oxygens (including phenoxy) is 1. The van der Waals surface area contributed by atoms with E-state index in [2.05, 4.69) is 0 Å². The number of thioether (sulfide) groups is 1. The van der Waals surface area contributed by atoms with Crippen LogP contribution in [0.3, 0.4) is 0 Å². The zero-order valence-corrected chi connectivity index (χ0v) is 17.2. The Labute approximate surface area is 181 Å². The molecule has 1 saturated heterocycles. The lowest BCUT2D eigenvalue weighted by Crippen LogP contribution is -2.57. The van der Waals surface area contributed by atoms with E-state index in [4.69, 9.17) is 16.3 Å². The maximum absolute atomic E-state index is 12.3. The molecule has 2 aromatic rings. The van der Waals surface area contributed by atoms with Crippen LogP contribution < -0.4 is 0 Å². The number of hydrogen-bond donors (Lipinski definition) is 0. The molecule has 3 rings (SSSR count). The van der Waals surface area contributed by atoms with Crippen molar-refractivity contribution in [1.82, 2.24) is 4.90 Å². The van der Waals surface area contributed by atoms with Gasteiger partial charge < -0.3 is 9.64 Å². The van der Waals surface area contributed by atoms with E-state index in [-0.39, 0.29) is 36.2 Å². The second-order valence-corrected chi connectivity index (χ2v) is 8.13. The van der Waals surface area contributed by atoms with Crippen LogP contribution in [0.1, 0.15) is 17.5 Å². The summed E-state index contributed by atoms with van der Waals surface area (Å²) < 4.78 is 5.12. The Hall–Kier alpha value is -2.91. The zero-order valence-electron chi connectivity index (χ0n) is 15.6. The number of rotatable bonds is 8. The van der Waals surface area contributed by atoms with E-state index in [9.17, 15) is 24.5 Å². The Balaban J connectivity index is 1.51. The van der Waals surface area contributed by atoms with Crippen LogP contribution in [-0.2, 0) is 32.1 Å². The number of carbonyl (C=O) groups excluding carboxylic acids is 3. The van der Waals surface area contributed by atoms with Gasteiger partial charge in [0, 0.05) is 18.6 Å². The largest absolute Gasteiger partial charge is 0.458 e. The van der Waals surface area contributed by atoms with Crippen molar-refractivity contribution < 1.29 is 24.0 Å². The highest BCUT2D eigenvalue weighted by Crippen LogP contribution is 2.34. The van der Waals surface area contributed by atoms with Crippen LogP contribution in [0, 0.1) is 10.1 Å². The molecule has 2 aromatic carbocycles. The highest BCUT2D eigenvalue weighted by Gasteiger charge is 2.45. The zero-order chi connectivity index (χ0) is 21.7. The first kappa shape index (κ1) is 21.8. The van der Waals surface area contributed by atoms with Crippen LogP contribution in [0.5, 0.6) is 0 Å². The number of carbonyl (C=O) groups is 3. The van der Waals surface area contributed by atoms with Crippen LogP contribution in [0.4, 0.5) is 5.69 Å². The van der Waals surface area contributed by atoms with Gasteiger partial charge in [0.05, 0.1) is 16.7 Å². The molecule has 30 heavy (non-hydrogen) atoms. The van der Waals surface area contributed by atoms with Gasteiger partial charge >= 0.3 is 5.97 Å². The van der Waals surface area contributed by atoms with Gasteiger partial charge in [-0.25, -0.2) is 4.79 Å². The molecule has 1 fully saturated rings. The lowest BCUT2D eigenvalue weighted by Gasteiger charge is -2.41. The van der Waals surface area contributed by atoms with Gasteiger partial charge in [-0.15, -0.1) is 0 Å². The summed E-state index contributed by atoms with van der Waals surface area (Å²) in [6.07, 6.45) is 0.325. The molecule has 10 heteroatoms. The van der Waals surface area contributed by atoms with E-state index >= 15 is 0 Å². The highest BCUT2D eigenvalue weighted by atomic mass is 35.5. The highest BCUT2D eigenvalue weighted by molar-refractivity contribution is 8.14. The summed E-state index contributed by atoms with van der Waals surface area (Å²) in [4.78, 5) is 47.7. The van der Waals surface area contributed by atoms with E-state index < -0.39 is 21.8 Å². The molecule has 156 valence electrons. The lowest BCUT2D eigenvalue weighted by molar-refractivity contribution is -0.384. The Morgan fingerprint density at radius 3 is 2.43 bits per heavy atom. The number of nitro benzene ring substituents is 1. The summed E-state index contributed by atoms with van der Waals surface area (Å²) in [6, 6.07) is 14.7. The second-order valence-electron chi connectivity index (χ2n) is 6.48. The fourth-order valence-electron chi connectivity index (χ4n) is 2.78. The monoisotopic (exact) mass is 448 g/mol. The summed E-state index contributed by atoms with van der Waals surface area (Å²) in [5.41, 5.74) is -0.0355. The summed E-state index contributed by atoms with van der Waals surface area (Å²) in [5, 5.41) is 10.0. The van der Waals surface area contributed by atoms with Crippen LogP contribution in [0.25, 0.3) is 0 Å². The lowest BCUT2D eigenvalue weighted by atomic mass is 10.2. The number of non-ortho nitro benzene ring substituents is 1. The number of nitrogens with zero attached hydrogens (tertiary/aromatic N) is 2. The first-order valence-electron chi connectivity index (χ1n) is 8.94. The molecular weight excluding hydrogens is 432 g/mol. The minimum absolute atomic E-state index is 0.0773. The Kier molecular flexibility index (Phi) is 7.07. The van der Waals surface area contributed by atoms with Gasteiger partial charge in [0.1, 0.15) is 6.61 Å². The maximum atomic E-state index is 12.3. The van der Waals surface area contributed by atoms with E-state index in [0.29, 0.717) is 5.56 Å². The first-order chi connectivity index (χ1) is 14.3. The molecule has 1 amide bonds. The number of halogens is 1. The van der Waals surface area contributed by atoms with E-state index in [1.165, 1.54) is 24.3 Å². The fraction of sp³-hybridized carbons (Fsp3) is 0.250. The molecule has 0 aromatic heterocycles. The molecule has 1 aliphatic heterocycles. The Morgan fingerprint density at radius 1 is 1.17 bits per heavy atom. The van der Waals surface area contributed by atoms with Gasteiger partial charge in [-0.2, -0.15) is 0 Å².